The fourth-order valence-electron chi connectivity index (χ4n) is 2.04. The van der Waals surface area contributed by atoms with Crippen LogP contribution < -0.4 is 21.9 Å². The Morgan fingerprint density at radius 3 is 2.28 bits per heavy atom. The molecule has 1 aromatic rings. The number of rotatable bonds is 9. The lowest BCUT2D eigenvalue weighted by Crippen LogP contribution is -2.44. The fraction of sp³-hybridized carbons (Fsp3) is 0.600. The van der Waals surface area contributed by atoms with Gasteiger partial charge in [-0.2, -0.15) is 0 Å². The predicted octanol–water partition coefficient (Wildman–Crippen LogP) is 2.49. The van der Waals surface area contributed by atoms with Crippen molar-refractivity contribution in [2.75, 3.05) is 6.54 Å². The molecule has 0 aliphatic heterocycles. The lowest BCUT2D eigenvalue weighted by Gasteiger charge is -2.16. The van der Waals surface area contributed by atoms with Crippen molar-refractivity contribution in [1.29, 1.82) is 0 Å². The Kier molecular flexibility index (Phi) is 18.0. The molecular formula is C15H29Cl4N5O3S2. The predicted molar refractivity (Wildman–Crippen MR) is 127 cm³/mol. The number of nitrogens with two attached hydrogens (primary N) is 3. The average molecular weight is 533 g/mol. The molecule has 14 heteroatoms. The maximum absolute atomic E-state index is 13.3. The van der Waals surface area contributed by atoms with Crippen LogP contribution in [0.3, 0.4) is 0 Å². The van der Waals surface area contributed by atoms with E-state index in [1.807, 2.05) is 13.8 Å². The number of thiophene rings is 1. The first-order chi connectivity index (χ1) is 12.1. The highest BCUT2D eigenvalue weighted by Gasteiger charge is 2.25. The van der Waals surface area contributed by atoms with Gasteiger partial charge in [-0.3, -0.25) is 14.3 Å². The average Bonchev–Trinajstić information content (AvgIpc) is 2.98. The fourth-order valence-corrected chi connectivity index (χ4v) is 5.14. The second-order valence-corrected chi connectivity index (χ2v) is 9.76. The van der Waals surface area contributed by atoms with Crippen LogP contribution in [0.2, 0.25) is 5.02 Å². The lowest BCUT2D eigenvalue weighted by atomic mass is 10.0. The molecule has 3 atom stereocenters. The summed E-state index contributed by atoms with van der Waals surface area (Å²) in [5.74, 6) is -1.26. The molecule has 0 aliphatic rings. The van der Waals surface area contributed by atoms with Crippen molar-refractivity contribution >= 4 is 81.9 Å². The van der Waals surface area contributed by atoms with Crippen molar-refractivity contribution in [3.05, 3.63) is 16.5 Å². The number of nitrogens with zero attached hydrogens (tertiary/aromatic N) is 1. The number of carbonyl (C=O) groups is 2. The molecule has 7 N–H and O–H groups in total. The number of hydrogen-bond acceptors (Lipinski definition) is 7. The zero-order valence-electron chi connectivity index (χ0n) is 16.0. The Balaban J connectivity index is -0.00000225. The molecule has 2 amide bonds. The molecule has 172 valence electrons. The second kappa shape index (κ2) is 15.6. The first kappa shape index (κ1) is 33.5. The van der Waals surface area contributed by atoms with Crippen LogP contribution in [-0.2, 0) is 19.5 Å². The van der Waals surface area contributed by atoms with Gasteiger partial charge in [0.15, 0.2) is 9.92 Å². The van der Waals surface area contributed by atoms with Crippen LogP contribution in [0, 0.1) is 5.92 Å². The van der Waals surface area contributed by atoms with E-state index >= 15 is 0 Å². The Bertz CT molecular complexity index is 754. The van der Waals surface area contributed by atoms with Gasteiger partial charge in [-0.25, -0.2) is 4.21 Å². The summed E-state index contributed by atoms with van der Waals surface area (Å²) in [7, 11) is -3.58. The summed E-state index contributed by atoms with van der Waals surface area (Å²) in [5, 5.41) is 1.86. The molecule has 0 aromatic carbocycles. The van der Waals surface area contributed by atoms with Gasteiger partial charge < -0.3 is 17.2 Å². The minimum atomic E-state index is -3.58. The molecule has 0 bridgehead atoms. The second-order valence-electron chi connectivity index (χ2n) is 6.28. The third-order valence-corrected chi connectivity index (χ3v) is 6.99. The summed E-state index contributed by atoms with van der Waals surface area (Å²) in [4.78, 5) is 24.6. The zero-order valence-corrected chi connectivity index (χ0v) is 20.9. The van der Waals surface area contributed by atoms with Crippen LogP contribution in [-0.4, -0.2) is 34.7 Å². The van der Waals surface area contributed by atoms with Crippen molar-refractivity contribution in [3.8, 4) is 0 Å². The maximum atomic E-state index is 13.3. The van der Waals surface area contributed by atoms with E-state index < -0.39 is 33.8 Å². The number of hydrogen-bond donors (Lipinski definition) is 4. The van der Waals surface area contributed by atoms with E-state index in [0.717, 1.165) is 11.3 Å². The van der Waals surface area contributed by atoms with Crippen molar-refractivity contribution < 1.29 is 13.8 Å². The molecular weight excluding hydrogens is 504 g/mol. The largest absolute Gasteiger partial charge is 0.330 e. The van der Waals surface area contributed by atoms with Crippen LogP contribution in [0.25, 0.3) is 0 Å². The van der Waals surface area contributed by atoms with Gasteiger partial charge in [0.25, 0.3) is 5.91 Å². The van der Waals surface area contributed by atoms with E-state index in [-0.39, 0.29) is 47.3 Å². The molecule has 0 spiro atoms. The van der Waals surface area contributed by atoms with E-state index in [0.29, 0.717) is 30.8 Å². The summed E-state index contributed by atoms with van der Waals surface area (Å²) in [5.41, 5.74) is 17.0. The normalized spacial score (nSPS) is 14.3. The Hall–Kier alpha value is -0.170. The van der Waals surface area contributed by atoms with E-state index in [9.17, 15) is 13.8 Å². The van der Waals surface area contributed by atoms with Gasteiger partial charge >= 0.3 is 0 Å². The SMILES string of the molecule is CC(C)C[C@H](N)C(=O)N=S(=O)(NC(=O)[C@H](N)CCCN)c1cc(Cl)cs1.Cl.Cl.Cl. The summed E-state index contributed by atoms with van der Waals surface area (Å²) < 4.78 is 19.5. The van der Waals surface area contributed by atoms with Gasteiger partial charge in [0.2, 0.25) is 5.91 Å². The van der Waals surface area contributed by atoms with Gasteiger partial charge in [-0.05, 0) is 37.8 Å². The highest BCUT2D eigenvalue weighted by Crippen LogP contribution is 2.25. The van der Waals surface area contributed by atoms with Gasteiger partial charge in [0, 0.05) is 5.38 Å². The Morgan fingerprint density at radius 1 is 1.24 bits per heavy atom. The van der Waals surface area contributed by atoms with Crippen LogP contribution in [0.5, 0.6) is 0 Å². The minimum Gasteiger partial charge on any atom is -0.330 e. The Morgan fingerprint density at radius 2 is 1.83 bits per heavy atom. The highest BCUT2D eigenvalue weighted by atomic mass is 35.5. The number of amides is 2. The molecule has 8 nitrogen and oxygen atoms in total. The monoisotopic (exact) mass is 531 g/mol. The number of nitrogens with one attached hydrogen (secondary N) is 1. The van der Waals surface area contributed by atoms with Crippen LogP contribution in [0.15, 0.2) is 20.0 Å². The molecule has 0 fully saturated rings. The third kappa shape index (κ3) is 11.1. The van der Waals surface area contributed by atoms with Crippen molar-refractivity contribution in [1.82, 2.24) is 4.72 Å². The van der Waals surface area contributed by atoms with E-state index in [1.54, 1.807) is 0 Å². The third-order valence-electron chi connectivity index (χ3n) is 3.37. The van der Waals surface area contributed by atoms with Crippen molar-refractivity contribution in [2.24, 2.45) is 27.5 Å². The van der Waals surface area contributed by atoms with E-state index in [2.05, 4.69) is 9.08 Å². The molecule has 1 rings (SSSR count). The quantitative estimate of drug-likeness (QED) is 0.383. The van der Waals surface area contributed by atoms with Gasteiger partial charge in [-0.15, -0.1) is 52.9 Å². The van der Waals surface area contributed by atoms with Gasteiger partial charge in [-0.1, -0.05) is 25.4 Å². The van der Waals surface area contributed by atoms with Crippen LogP contribution >= 0.6 is 60.2 Å². The van der Waals surface area contributed by atoms with Crippen molar-refractivity contribution in [3.63, 3.8) is 0 Å². The molecule has 0 saturated heterocycles. The summed E-state index contributed by atoms with van der Waals surface area (Å²) in [6.45, 7) is 4.19. The molecule has 0 radical (unpaired) electrons. The van der Waals surface area contributed by atoms with Crippen LogP contribution in [0.4, 0.5) is 0 Å². The molecule has 29 heavy (non-hydrogen) atoms. The molecule has 1 heterocycles. The van der Waals surface area contributed by atoms with E-state index in [4.69, 9.17) is 28.8 Å². The standard InChI is InChI=1S/C15H26ClN5O3S2.3ClH/c1-9(2)6-12(19)15(23)21-26(24,13-7-10(16)8-25-13)20-14(22)11(18)4-3-5-17;;;/h7-9,11-12H,3-6,17-19H2,1-2H3,(H,20,21,22,23,24);3*1H/t11-,12+,26?;;;/m1.../s1. The topological polar surface area (TPSA) is 154 Å². The van der Waals surface area contributed by atoms with Gasteiger partial charge in [0.1, 0.15) is 4.21 Å². The first-order valence-corrected chi connectivity index (χ1v) is 10.9. The zero-order chi connectivity index (χ0) is 19.9. The van der Waals surface area contributed by atoms with Crippen molar-refractivity contribution in [2.45, 2.75) is 49.4 Å². The smallest absolute Gasteiger partial charge is 0.272 e. The first-order valence-electron chi connectivity index (χ1n) is 8.17. The summed E-state index contributed by atoms with van der Waals surface area (Å²) in [6, 6.07) is -0.427. The van der Waals surface area contributed by atoms with Crippen LogP contribution in [0.1, 0.15) is 33.1 Å². The molecule has 1 aromatic heterocycles. The lowest BCUT2D eigenvalue weighted by molar-refractivity contribution is -0.120. The maximum Gasteiger partial charge on any atom is 0.272 e. The van der Waals surface area contributed by atoms with E-state index in [1.165, 1.54) is 11.4 Å². The summed E-state index contributed by atoms with van der Waals surface area (Å²) >= 11 is 6.91. The number of halogens is 4. The molecule has 1 unspecified atom stereocenters. The molecule has 0 aliphatic carbocycles. The number of carbonyl (C=O) groups excluding carboxylic acids is 2. The van der Waals surface area contributed by atoms with Gasteiger partial charge in [0.05, 0.1) is 17.1 Å². The molecule has 0 saturated carbocycles. The highest BCUT2D eigenvalue weighted by molar-refractivity contribution is 7.94. The summed E-state index contributed by atoms with van der Waals surface area (Å²) in [6.07, 6.45) is 1.24. The Labute approximate surface area is 199 Å². The minimum absolute atomic E-state index is 0.